The maximum atomic E-state index is 12.1. The number of hydrogen-bond acceptors (Lipinski definition) is 4. The SMILES string of the molecule is C=C.CC.CCCc1cc(-n2cc(-c3ccc(NS(=O)(=O)CC4CC4)cc3)cn2)ccn1. The minimum Gasteiger partial charge on any atom is -0.284 e. The summed E-state index contributed by atoms with van der Waals surface area (Å²) in [6, 6.07) is 11.4. The molecule has 172 valence electrons. The second-order valence-corrected chi connectivity index (χ2v) is 9.10. The Balaban J connectivity index is 0.000000860. The lowest BCUT2D eigenvalue weighted by Gasteiger charge is -2.08. The maximum absolute atomic E-state index is 12.1. The molecule has 1 saturated carbocycles. The molecule has 1 fully saturated rings. The highest BCUT2D eigenvalue weighted by Gasteiger charge is 2.27. The van der Waals surface area contributed by atoms with Gasteiger partial charge in [-0.3, -0.25) is 9.71 Å². The quantitative estimate of drug-likeness (QED) is 0.432. The van der Waals surface area contributed by atoms with Gasteiger partial charge < -0.3 is 0 Å². The van der Waals surface area contributed by atoms with E-state index in [1.54, 1.807) is 12.1 Å². The van der Waals surface area contributed by atoms with Crippen molar-refractivity contribution in [3.05, 3.63) is 73.8 Å². The van der Waals surface area contributed by atoms with Crippen LogP contribution >= 0.6 is 0 Å². The molecule has 32 heavy (non-hydrogen) atoms. The third kappa shape index (κ3) is 7.34. The number of nitrogens with one attached hydrogen (secondary N) is 1. The zero-order valence-electron chi connectivity index (χ0n) is 19.3. The summed E-state index contributed by atoms with van der Waals surface area (Å²) in [7, 11) is -3.26. The molecule has 6 nitrogen and oxygen atoms in total. The highest BCUT2D eigenvalue weighted by atomic mass is 32.2. The van der Waals surface area contributed by atoms with Crippen LogP contribution in [-0.4, -0.2) is 28.9 Å². The van der Waals surface area contributed by atoms with Gasteiger partial charge in [-0.25, -0.2) is 13.1 Å². The number of anilines is 1. The van der Waals surface area contributed by atoms with E-state index in [4.69, 9.17) is 0 Å². The molecule has 2 aromatic heterocycles. The average molecular weight is 455 g/mol. The molecule has 0 amide bonds. The van der Waals surface area contributed by atoms with E-state index in [0.717, 1.165) is 48.2 Å². The number of pyridine rings is 1. The first kappa shape index (κ1) is 25.3. The number of sulfonamides is 1. The summed E-state index contributed by atoms with van der Waals surface area (Å²) in [5, 5.41) is 4.46. The lowest BCUT2D eigenvalue weighted by molar-refractivity contribution is 0.597. The van der Waals surface area contributed by atoms with Crippen LogP contribution in [0, 0.1) is 5.92 Å². The monoisotopic (exact) mass is 454 g/mol. The Morgan fingerprint density at radius 2 is 1.78 bits per heavy atom. The molecule has 1 aliphatic carbocycles. The molecule has 0 saturated heterocycles. The van der Waals surface area contributed by atoms with Crippen molar-refractivity contribution < 1.29 is 8.42 Å². The molecular formula is C25H34N4O2S. The van der Waals surface area contributed by atoms with Crippen LogP contribution in [0.5, 0.6) is 0 Å². The minimum absolute atomic E-state index is 0.216. The number of nitrogens with zero attached hydrogens (tertiary/aromatic N) is 3. The van der Waals surface area contributed by atoms with Crippen molar-refractivity contribution in [1.82, 2.24) is 14.8 Å². The van der Waals surface area contributed by atoms with Crippen molar-refractivity contribution in [2.24, 2.45) is 5.92 Å². The fourth-order valence-corrected chi connectivity index (χ4v) is 4.69. The van der Waals surface area contributed by atoms with E-state index in [-0.39, 0.29) is 5.75 Å². The van der Waals surface area contributed by atoms with Gasteiger partial charge in [-0.2, -0.15) is 5.10 Å². The predicted octanol–water partition coefficient (Wildman–Crippen LogP) is 5.87. The van der Waals surface area contributed by atoms with Crippen molar-refractivity contribution in [3.8, 4) is 16.8 Å². The van der Waals surface area contributed by atoms with Gasteiger partial charge in [0.05, 0.1) is 17.6 Å². The van der Waals surface area contributed by atoms with E-state index in [2.05, 4.69) is 41.0 Å². The van der Waals surface area contributed by atoms with E-state index in [9.17, 15) is 8.42 Å². The second kappa shape index (κ2) is 12.2. The van der Waals surface area contributed by atoms with Crippen LogP contribution in [0.25, 0.3) is 16.8 Å². The molecule has 1 N–H and O–H groups in total. The van der Waals surface area contributed by atoms with E-state index >= 15 is 0 Å². The highest BCUT2D eigenvalue weighted by molar-refractivity contribution is 7.92. The predicted molar refractivity (Wildman–Crippen MR) is 134 cm³/mol. The van der Waals surface area contributed by atoms with Crippen molar-refractivity contribution in [2.45, 2.75) is 46.5 Å². The molecule has 0 spiro atoms. The lowest BCUT2D eigenvalue weighted by Crippen LogP contribution is -2.17. The number of hydrogen-bond donors (Lipinski definition) is 1. The van der Waals surface area contributed by atoms with Gasteiger partial charge in [0, 0.05) is 29.3 Å². The Kier molecular flexibility index (Phi) is 9.65. The third-order valence-corrected chi connectivity index (χ3v) is 6.25. The molecule has 0 atom stereocenters. The summed E-state index contributed by atoms with van der Waals surface area (Å²) in [5.41, 5.74) is 4.59. The van der Waals surface area contributed by atoms with Crippen LogP contribution < -0.4 is 4.72 Å². The standard InChI is InChI=1S/C21H24N4O2S.C2H6.C2H4/c1-2-3-20-12-21(10-11-22-20)25-14-18(13-23-25)17-6-8-19(9-7-17)24-28(26,27)15-16-4-5-16;2*1-2/h6-14,16,24H,2-5,15H2,1H3;1-2H3;1-2H2. The van der Waals surface area contributed by atoms with Gasteiger partial charge >= 0.3 is 0 Å². The molecule has 4 rings (SSSR count). The van der Waals surface area contributed by atoms with E-state index < -0.39 is 10.0 Å². The first-order valence-electron chi connectivity index (χ1n) is 11.1. The number of benzene rings is 1. The first-order chi connectivity index (χ1) is 15.5. The minimum atomic E-state index is -3.26. The molecule has 1 aromatic carbocycles. The topological polar surface area (TPSA) is 76.9 Å². The summed E-state index contributed by atoms with van der Waals surface area (Å²) >= 11 is 0. The number of aromatic nitrogens is 3. The number of aryl methyl sites for hydroxylation is 1. The second-order valence-electron chi connectivity index (χ2n) is 7.33. The van der Waals surface area contributed by atoms with Gasteiger partial charge in [-0.15, -0.1) is 13.2 Å². The van der Waals surface area contributed by atoms with Gasteiger partial charge in [-0.1, -0.05) is 39.3 Å². The van der Waals surface area contributed by atoms with Crippen molar-refractivity contribution in [2.75, 3.05) is 10.5 Å². The van der Waals surface area contributed by atoms with Crippen LogP contribution in [0.3, 0.4) is 0 Å². The highest BCUT2D eigenvalue weighted by Crippen LogP contribution is 2.31. The van der Waals surface area contributed by atoms with Crippen LogP contribution in [0.4, 0.5) is 5.69 Å². The van der Waals surface area contributed by atoms with Crippen molar-refractivity contribution in [1.29, 1.82) is 0 Å². The van der Waals surface area contributed by atoms with Crippen molar-refractivity contribution in [3.63, 3.8) is 0 Å². The third-order valence-electron chi connectivity index (χ3n) is 4.80. The molecule has 1 aliphatic rings. The smallest absolute Gasteiger partial charge is 0.232 e. The van der Waals surface area contributed by atoms with Gasteiger partial charge in [0.15, 0.2) is 0 Å². The van der Waals surface area contributed by atoms with Gasteiger partial charge in [-0.05, 0) is 55.0 Å². The largest absolute Gasteiger partial charge is 0.284 e. The zero-order valence-corrected chi connectivity index (χ0v) is 20.1. The Morgan fingerprint density at radius 3 is 2.41 bits per heavy atom. The molecule has 0 aliphatic heterocycles. The van der Waals surface area contributed by atoms with E-state index in [0.29, 0.717) is 11.6 Å². The van der Waals surface area contributed by atoms with E-state index in [1.165, 1.54) is 0 Å². The van der Waals surface area contributed by atoms with Crippen molar-refractivity contribution >= 4 is 15.7 Å². The Labute approximate surface area is 192 Å². The average Bonchev–Trinajstić information content (AvgIpc) is 3.47. The Hall–Kier alpha value is -2.93. The van der Waals surface area contributed by atoms with E-state index in [1.807, 2.05) is 55.3 Å². The molecule has 3 aromatic rings. The number of rotatable bonds is 8. The van der Waals surface area contributed by atoms with Crippen LogP contribution in [0.2, 0.25) is 0 Å². The lowest BCUT2D eigenvalue weighted by atomic mass is 10.1. The normalized spacial score (nSPS) is 12.7. The zero-order chi connectivity index (χ0) is 23.6. The van der Waals surface area contributed by atoms with Crippen LogP contribution in [0.15, 0.2) is 68.1 Å². The van der Waals surface area contributed by atoms with Crippen LogP contribution in [-0.2, 0) is 16.4 Å². The summed E-state index contributed by atoms with van der Waals surface area (Å²) in [5.74, 6) is 0.543. The summed E-state index contributed by atoms with van der Waals surface area (Å²) in [6.07, 6.45) is 9.62. The van der Waals surface area contributed by atoms with Gasteiger partial charge in [0.25, 0.3) is 0 Å². The summed E-state index contributed by atoms with van der Waals surface area (Å²) in [6.45, 7) is 12.1. The fraction of sp³-hybridized carbons (Fsp3) is 0.360. The maximum Gasteiger partial charge on any atom is 0.232 e. The summed E-state index contributed by atoms with van der Waals surface area (Å²) in [4.78, 5) is 4.38. The van der Waals surface area contributed by atoms with Gasteiger partial charge in [0.2, 0.25) is 10.0 Å². The fourth-order valence-electron chi connectivity index (χ4n) is 3.16. The van der Waals surface area contributed by atoms with Crippen LogP contribution in [0.1, 0.15) is 45.7 Å². The molecule has 0 bridgehead atoms. The summed E-state index contributed by atoms with van der Waals surface area (Å²) < 4.78 is 28.7. The molecular weight excluding hydrogens is 420 g/mol. The Morgan fingerprint density at radius 1 is 1.09 bits per heavy atom. The molecule has 7 heteroatoms. The first-order valence-corrected chi connectivity index (χ1v) is 12.8. The molecule has 2 heterocycles. The molecule has 0 radical (unpaired) electrons. The Bertz CT molecular complexity index is 1070. The van der Waals surface area contributed by atoms with Gasteiger partial charge in [0.1, 0.15) is 0 Å². The molecule has 0 unspecified atom stereocenters.